The summed E-state index contributed by atoms with van der Waals surface area (Å²) in [5, 5.41) is 0. The Morgan fingerprint density at radius 3 is 2.41 bits per heavy atom. The Bertz CT molecular complexity index is 1100. The number of rotatable bonds is 8. The lowest BCUT2D eigenvalue weighted by Crippen LogP contribution is -2.46. The molecule has 2 amide bonds. The SMILES string of the molecule is NCC1CCC(C(N)=O)([C@H](Cc2ccccc2)c2nc3ccc(CC(N)=O)cc3[nH]2)CC1. The van der Waals surface area contributed by atoms with Crippen LogP contribution in [0, 0.1) is 11.3 Å². The first-order valence-electron chi connectivity index (χ1n) is 11.2. The summed E-state index contributed by atoms with van der Waals surface area (Å²) in [5.74, 6) is 0.337. The normalized spacial score (nSPS) is 22.0. The van der Waals surface area contributed by atoms with Gasteiger partial charge in [-0.2, -0.15) is 0 Å². The maximum absolute atomic E-state index is 13.0. The van der Waals surface area contributed by atoms with Gasteiger partial charge in [-0.25, -0.2) is 4.98 Å². The highest BCUT2D eigenvalue weighted by atomic mass is 16.1. The third-order valence-corrected chi connectivity index (χ3v) is 7.04. The first-order valence-corrected chi connectivity index (χ1v) is 11.2. The molecule has 0 saturated heterocycles. The molecule has 168 valence electrons. The van der Waals surface area contributed by atoms with Crippen LogP contribution < -0.4 is 17.2 Å². The van der Waals surface area contributed by atoms with Gasteiger partial charge >= 0.3 is 0 Å². The van der Waals surface area contributed by atoms with Crippen molar-refractivity contribution in [2.45, 2.75) is 44.4 Å². The minimum Gasteiger partial charge on any atom is -0.369 e. The maximum atomic E-state index is 13.0. The summed E-state index contributed by atoms with van der Waals surface area (Å²) < 4.78 is 0. The monoisotopic (exact) mass is 433 g/mol. The standard InChI is InChI=1S/C25H31N5O2/c26-15-17-8-10-25(11-9-17,24(28)32)19(12-16-4-2-1-3-5-16)23-29-20-7-6-18(14-22(27)31)13-21(20)30-23/h1-7,13,17,19H,8-12,14-15,26H2,(H2,27,31)(H2,28,32)(H,29,30)/t17?,19-,25?/m1/s1. The molecule has 1 fully saturated rings. The second-order valence-corrected chi connectivity index (χ2v) is 9.06. The van der Waals surface area contributed by atoms with Crippen LogP contribution in [0.3, 0.4) is 0 Å². The van der Waals surface area contributed by atoms with Crippen molar-refractivity contribution in [1.29, 1.82) is 0 Å². The van der Waals surface area contributed by atoms with Crippen LogP contribution in [0.25, 0.3) is 11.0 Å². The number of primary amides is 2. The molecular weight excluding hydrogens is 402 g/mol. The second kappa shape index (κ2) is 9.12. The smallest absolute Gasteiger partial charge is 0.224 e. The van der Waals surface area contributed by atoms with E-state index in [1.807, 2.05) is 36.4 Å². The lowest BCUT2D eigenvalue weighted by molar-refractivity contribution is -0.132. The second-order valence-electron chi connectivity index (χ2n) is 9.06. The van der Waals surface area contributed by atoms with Crippen LogP contribution in [-0.2, 0) is 22.4 Å². The zero-order valence-electron chi connectivity index (χ0n) is 18.2. The molecule has 0 bridgehead atoms. The number of nitrogens with zero attached hydrogens (tertiary/aromatic N) is 1. The van der Waals surface area contributed by atoms with Gasteiger partial charge in [-0.3, -0.25) is 9.59 Å². The molecule has 0 aliphatic heterocycles. The number of carbonyl (C=O) groups excluding carboxylic acids is 2. The minimum atomic E-state index is -0.689. The summed E-state index contributed by atoms with van der Waals surface area (Å²) in [6.45, 7) is 0.630. The van der Waals surface area contributed by atoms with Gasteiger partial charge in [0.05, 0.1) is 22.9 Å². The van der Waals surface area contributed by atoms with Gasteiger partial charge in [0.25, 0.3) is 0 Å². The number of fused-ring (bicyclic) bond motifs is 1. The molecule has 1 heterocycles. The first-order chi connectivity index (χ1) is 15.4. The Morgan fingerprint density at radius 2 is 1.78 bits per heavy atom. The summed E-state index contributed by atoms with van der Waals surface area (Å²) in [7, 11) is 0. The van der Waals surface area contributed by atoms with Gasteiger partial charge in [0.1, 0.15) is 5.82 Å². The van der Waals surface area contributed by atoms with Crippen LogP contribution in [0.5, 0.6) is 0 Å². The summed E-state index contributed by atoms with van der Waals surface area (Å²) in [6.07, 6.45) is 3.99. The fourth-order valence-corrected chi connectivity index (χ4v) is 5.15. The van der Waals surface area contributed by atoms with Crippen LogP contribution in [0.15, 0.2) is 48.5 Å². The average molecular weight is 434 g/mol. The number of H-pyrrole nitrogens is 1. The Balaban J connectivity index is 1.77. The van der Waals surface area contributed by atoms with Crippen molar-refractivity contribution in [1.82, 2.24) is 9.97 Å². The van der Waals surface area contributed by atoms with Crippen molar-refractivity contribution in [3.8, 4) is 0 Å². The molecule has 0 unspecified atom stereocenters. The highest BCUT2D eigenvalue weighted by molar-refractivity contribution is 5.83. The molecule has 1 aliphatic carbocycles. The van der Waals surface area contributed by atoms with E-state index < -0.39 is 5.41 Å². The van der Waals surface area contributed by atoms with Crippen molar-refractivity contribution in [3.63, 3.8) is 0 Å². The number of nitrogens with two attached hydrogens (primary N) is 3. The van der Waals surface area contributed by atoms with E-state index in [1.54, 1.807) is 0 Å². The summed E-state index contributed by atoms with van der Waals surface area (Å²) in [5.41, 5.74) is 20.2. The van der Waals surface area contributed by atoms with Crippen LogP contribution in [0.4, 0.5) is 0 Å². The van der Waals surface area contributed by atoms with Gasteiger partial charge in [-0.1, -0.05) is 36.4 Å². The van der Waals surface area contributed by atoms with Crippen LogP contribution >= 0.6 is 0 Å². The number of aromatic nitrogens is 2. The minimum absolute atomic E-state index is 0.170. The van der Waals surface area contributed by atoms with Crippen LogP contribution in [0.1, 0.15) is 48.6 Å². The molecule has 32 heavy (non-hydrogen) atoms. The Hall–Kier alpha value is -3.19. The van der Waals surface area contributed by atoms with Gasteiger partial charge in [0, 0.05) is 5.92 Å². The van der Waals surface area contributed by atoms with Crippen molar-refractivity contribution in [3.05, 3.63) is 65.5 Å². The number of carbonyl (C=O) groups is 2. The largest absolute Gasteiger partial charge is 0.369 e. The summed E-state index contributed by atoms with van der Waals surface area (Å²) in [6, 6.07) is 15.8. The maximum Gasteiger partial charge on any atom is 0.224 e. The molecule has 7 nitrogen and oxygen atoms in total. The lowest BCUT2D eigenvalue weighted by atomic mass is 9.61. The Morgan fingerprint density at radius 1 is 1.06 bits per heavy atom. The van der Waals surface area contributed by atoms with Gasteiger partial charge in [-0.05, 0) is 67.8 Å². The van der Waals surface area contributed by atoms with E-state index in [4.69, 9.17) is 22.2 Å². The number of hydrogen-bond acceptors (Lipinski definition) is 4. The molecule has 7 N–H and O–H groups in total. The molecule has 1 aliphatic rings. The predicted octanol–water partition coefficient (Wildman–Crippen LogP) is 2.54. The van der Waals surface area contributed by atoms with Crippen molar-refractivity contribution >= 4 is 22.8 Å². The molecule has 4 rings (SSSR count). The zero-order valence-corrected chi connectivity index (χ0v) is 18.2. The molecule has 1 atom stereocenters. The summed E-state index contributed by atoms with van der Waals surface area (Å²) >= 11 is 0. The molecule has 2 aromatic carbocycles. The molecule has 1 saturated carbocycles. The van der Waals surface area contributed by atoms with Gasteiger partial charge in [0.15, 0.2) is 0 Å². The van der Waals surface area contributed by atoms with E-state index in [1.165, 1.54) is 0 Å². The molecule has 3 aromatic rings. The highest BCUT2D eigenvalue weighted by Crippen LogP contribution is 2.49. The number of imidazole rings is 1. The van der Waals surface area contributed by atoms with Gasteiger partial charge in [0.2, 0.25) is 11.8 Å². The average Bonchev–Trinajstić information content (AvgIpc) is 3.20. The number of amides is 2. The van der Waals surface area contributed by atoms with E-state index >= 15 is 0 Å². The van der Waals surface area contributed by atoms with Gasteiger partial charge in [-0.15, -0.1) is 0 Å². The Kier molecular flexibility index (Phi) is 6.28. The molecule has 0 radical (unpaired) electrons. The van der Waals surface area contributed by atoms with Crippen molar-refractivity contribution in [2.24, 2.45) is 28.5 Å². The Labute approximate surface area is 187 Å². The van der Waals surface area contributed by atoms with E-state index in [-0.39, 0.29) is 24.2 Å². The fourth-order valence-electron chi connectivity index (χ4n) is 5.15. The third-order valence-electron chi connectivity index (χ3n) is 7.04. The van der Waals surface area contributed by atoms with Gasteiger partial charge < -0.3 is 22.2 Å². The number of aromatic amines is 1. The molecule has 0 spiro atoms. The zero-order chi connectivity index (χ0) is 22.7. The van der Waals surface area contributed by atoms with E-state index in [0.717, 1.165) is 40.8 Å². The number of nitrogens with one attached hydrogen (secondary N) is 1. The lowest BCUT2D eigenvalue weighted by Gasteiger charge is -2.42. The predicted molar refractivity (Wildman–Crippen MR) is 125 cm³/mol. The molecule has 1 aromatic heterocycles. The topological polar surface area (TPSA) is 141 Å². The van der Waals surface area contributed by atoms with Crippen molar-refractivity contribution in [2.75, 3.05) is 6.54 Å². The third kappa shape index (κ3) is 4.39. The van der Waals surface area contributed by atoms with E-state index in [2.05, 4.69) is 17.1 Å². The van der Waals surface area contributed by atoms with Crippen molar-refractivity contribution < 1.29 is 9.59 Å². The first kappa shape index (κ1) is 22.0. The number of hydrogen-bond donors (Lipinski definition) is 4. The fraction of sp³-hybridized carbons (Fsp3) is 0.400. The van der Waals surface area contributed by atoms with E-state index in [9.17, 15) is 9.59 Å². The van der Waals surface area contributed by atoms with Crippen LogP contribution in [0.2, 0.25) is 0 Å². The quantitative estimate of drug-likeness (QED) is 0.433. The molecule has 7 heteroatoms. The summed E-state index contributed by atoms with van der Waals surface area (Å²) in [4.78, 5) is 32.6. The van der Waals surface area contributed by atoms with E-state index in [0.29, 0.717) is 31.7 Å². The molecular formula is C25H31N5O2. The number of benzene rings is 2. The van der Waals surface area contributed by atoms with Crippen LogP contribution in [-0.4, -0.2) is 28.3 Å². The highest BCUT2D eigenvalue weighted by Gasteiger charge is 2.48.